The molecule has 2 aromatic rings. The highest BCUT2D eigenvalue weighted by atomic mass is 16.5. The molecule has 0 spiro atoms. The number of carbonyl (C=O) groups excluding carboxylic acids is 2. The number of nitrogens with one attached hydrogen (secondary N) is 1. The molecule has 7 heteroatoms. The number of carbonyl (C=O) groups is 2. The Morgan fingerprint density at radius 2 is 1.68 bits per heavy atom. The van der Waals surface area contributed by atoms with Gasteiger partial charge in [-0.1, -0.05) is 6.07 Å². The summed E-state index contributed by atoms with van der Waals surface area (Å²) in [5.41, 5.74) is 1.52. The number of hydrogen-bond acceptors (Lipinski definition) is 6. The van der Waals surface area contributed by atoms with Crippen LogP contribution in [0.5, 0.6) is 17.2 Å². The molecule has 1 N–H and O–H groups in total. The number of anilines is 1. The Labute approximate surface area is 164 Å². The number of amides is 1. The molecular formula is C21H25NO6. The Bertz CT molecular complexity index is 788. The highest BCUT2D eigenvalue weighted by Gasteiger charge is 2.11. The minimum Gasteiger partial charge on any atom is -0.497 e. The molecule has 0 fully saturated rings. The van der Waals surface area contributed by atoms with Crippen molar-refractivity contribution in [3.05, 3.63) is 48.0 Å². The fourth-order valence-electron chi connectivity index (χ4n) is 2.40. The number of ether oxygens (including phenoxy) is 4. The summed E-state index contributed by atoms with van der Waals surface area (Å²) in [6.45, 7) is 1.92. The minimum atomic E-state index is -0.454. The predicted molar refractivity (Wildman–Crippen MR) is 105 cm³/mol. The Kier molecular flexibility index (Phi) is 8.14. The highest BCUT2D eigenvalue weighted by molar-refractivity contribution is 5.94. The molecule has 28 heavy (non-hydrogen) atoms. The summed E-state index contributed by atoms with van der Waals surface area (Å²) >= 11 is 0. The highest BCUT2D eigenvalue weighted by Crippen LogP contribution is 2.25. The van der Waals surface area contributed by atoms with Crippen LogP contribution >= 0.6 is 0 Å². The van der Waals surface area contributed by atoms with Crippen molar-refractivity contribution in [2.75, 3.05) is 32.8 Å². The summed E-state index contributed by atoms with van der Waals surface area (Å²) in [7, 11) is 3.12. The Balaban J connectivity index is 1.66. The molecule has 7 nitrogen and oxygen atoms in total. The first-order chi connectivity index (χ1) is 13.5. The minimum absolute atomic E-state index is 0.164. The van der Waals surface area contributed by atoms with Crippen molar-refractivity contribution in [2.24, 2.45) is 0 Å². The third-order valence-corrected chi connectivity index (χ3v) is 3.85. The molecule has 0 saturated heterocycles. The molecule has 0 atom stereocenters. The van der Waals surface area contributed by atoms with Crippen LogP contribution in [0.2, 0.25) is 0 Å². The van der Waals surface area contributed by atoms with E-state index in [0.717, 1.165) is 11.3 Å². The van der Waals surface area contributed by atoms with Crippen molar-refractivity contribution in [3.63, 3.8) is 0 Å². The first-order valence-electron chi connectivity index (χ1n) is 8.89. The van der Waals surface area contributed by atoms with Gasteiger partial charge < -0.3 is 24.3 Å². The van der Waals surface area contributed by atoms with E-state index in [1.807, 2.05) is 13.0 Å². The van der Waals surface area contributed by atoms with Crippen molar-refractivity contribution in [3.8, 4) is 17.2 Å². The summed E-state index contributed by atoms with van der Waals surface area (Å²) < 4.78 is 20.8. The molecule has 0 aliphatic carbocycles. The van der Waals surface area contributed by atoms with Crippen molar-refractivity contribution in [1.29, 1.82) is 0 Å². The number of aryl methyl sites for hydroxylation is 1. The number of methoxy groups -OCH3 is 2. The van der Waals surface area contributed by atoms with E-state index in [0.29, 0.717) is 30.2 Å². The van der Waals surface area contributed by atoms with E-state index in [9.17, 15) is 9.59 Å². The first kappa shape index (κ1) is 21.1. The van der Waals surface area contributed by atoms with Crippen LogP contribution in [0, 0.1) is 6.92 Å². The maximum Gasteiger partial charge on any atom is 0.306 e. The fraction of sp³-hybridized carbons (Fsp3) is 0.333. The lowest BCUT2D eigenvalue weighted by atomic mass is 10.2. The lowest BCUT2D eigenvalue weighted by molar-refractivity contribution is -0.147. The van der Waals surface area contributed by atoms with Crippen LogP contribution in [0.1, 0.15) is 18.4 Å². The third-order valence-electron chi connectivity index (χ3n) is 3.85. The molecule has 0 bridgehead atoms. The van der Waals surface area contributed by atoms with Gasteiger partial charge in [0, 0.05) is 6.42 Å². The summed E-state index contributed by atoms with van der Waals surface area (Å²) in [5.74, 6) is 1.11. The van der Waals surface area contributed by atoms with Gasteiger partial charge in [-0.15, -0.1) is 0 Å². The second-order valence-corrected chi connectivity index (χ2v) is 6.04. The number of rotatable bonds is 10. The smallest absolute Gasteiger partial charge is 0.306 e. The largest absolute Gasteiger partial charge is 0.497 e. The summed E-state index contributed by atoms with van der Waals surface area (Å²) in [5, 5.41) is 2.68. The van der Waals surface area contributed by atoms with E-state index in [1.165, 1.54) is 7.11 Å². The van der Waals surface area contributed by atoms with Gasteiger partial charge in [0.15, 0.2) is 6.61 Å². The molecule has 150 valence electrons. The van der Waals surface area contributed by atoms with Gasteiger partial charge in [0.05, 0.1) is 26.5 Å². The van der Waals surface area contributed by atoms with Gasteiger partial charge in [0.2, 0.25) is 0 Å². The lowest BCUT2D eigenvalue weighted by Crippen LogP contribution is -2.21. The zero-order chi connectivity index (χ0) is 20.4. The zero-order valence-electron chi connectivity index (χ0n) is 16.3. The van der Waals surface area contributed by atoms with Gasteiger partial charge in [0.25, 0.3) is 5.91 Å². The second-order valence-electron chi connectivity index (χ2n) is 6.04. The molecule has 0 saturated carbocycles. The van der Waals surface area contributed by atoms with Crippen molar-refractivity contribution in [2.45, 2.75) is 19.8 Å². The molecule has 0 aromatic heterocycles. The lowest BCUT2D eigenvalue weighted by Gasteiger charge is -2.11. The fourth-order valence-corrected chi connectivity index (χ4v) is 2.40. The molecular weight excluding hydrogens is 362 g/mol. The average molecular weight is 387 g/mol. The van der Waals surface area contributed by atoms with Crippen LogP contribution in [-0.4, -0.2) is 39.3 Å². The van der Waals surface area contributed by atoms with Crippen LogP contribution in [0.25, 0.3) is 0 Å². The van der Waals surface area contributed by atoms with E-state index in [1.54, 1.807) is 43.5 Å². The van der Waals surface area contributed by atoms with Crippen LogP contribution in [0.15, 0.2) is 42.5 Å². The van der Waals surface area contributed by atoms with Crippen LogP contribution in [0.3, 0.4) is 0 Å². The predicted octanol–water partition coefficient (Wildman–Crippen LogP) is 3.35. The van der Waals surface area contributed by atoms with Gasteiger partial charge in [-0.3, -0.25) is 9.59 Å². The molecule has 2 aromatic carbocycles. The molecule has 0 aliphatic heterocycles. The summed E-state index contributed by atoms with van der Waals surface area (Å²) in [4.78, 5) is 23.8. The van der Waals surface area contributed by atoms with Crippen molar-refractivity contribution >= 4 is 17.6 Å². The normalized spacial score (nSPS) is 10.1. The second kappa shape index (κ2) is 10.8. The standard InChI is InChI=1S/C21H25NO6/c1-15-6-11-19(26-3)18(13-15)22-20(23)14-28-21(24)5-4-12-27-17-9-7-16(25-2)8-10-17/h6-11,13H,4-5,12,14H2,1-3H3,(H,22,23). The average Bonchev–Trinajstić information content (AvgIpc) is 2.70. The molecule has 1 amide bonds. The topological polar surface area (TPSA) is 83.1 Å². The van der Waals surface area contributed by atoms with E-state index in [2.05, 4.69) is 5.32 Å². The summed E-state index contributed by atoms with van der Waals surface area (Å²) in [6.07, 6.45) is 0.648. The Morgan fingerprint density at radius 3 is 2.36 bits per heavy atom. The quantitative estimate of drug-likeness (QED) is 0.497. The van der Waals surface area contributed by atoms with E-state index in [-0.39, 0.29) is 13.0 Å². The van der Waals surface area contributed by atoms with Gasteiger partial charge >= 0.3 is 5.97 Å². The molecule has 0 heterocycles. The van der Waals surface area contributed by atoms with Gasteiger partial charge in [-0.2, -0.15) is 0 Å². The number of esters is 1. The van der Waals surface area contributed by atoms with Crippen molar-refractivity contribution < 1.29 is 28.5 Å². The zero-order valence-corrected chi connectivity index (χ0v) is 16.3. The van der Waals surface area contributed by atoms with E-state index in [4.69, 9.17) is 18.9 Å². The van der Waals surface area contributed by atoms with Crippen LogP contribution < -0.4 is 19.5 Å². The Hall–Kier alpha value is -3.22. The monoisotopic (exact) mass is 387 g/mol. The summed E-state index contributed by atoms with van der Waals surface area (Å²) in [6, 6.07) is 12.6. The SMILES string of the molecule is COc1ccc(OCCCC(=O)OCC(=O)Nc2cc(C)ccc2OC)cc1. The van der Waals surface area contributed by atoms with Crippen LogP contribution in [0.4, 0.5) is 5.69 Å². The molecule has 0 unspecified atom stereocenters. The van der Waals surface area contributed by atoms with Gasteiger partial charge in [-0.25, -0.2) is 0 Å². The third kappa shape index (κ3) is 6.83. The van der Waals surface area contributed by atoms with E-state index >= 15 is 0 Å². The van der Waals surface area contributed by atoms with E-state index < -0.39 is 11.9 Å². The van der Waals surface area contributed by atoms with Crippen LogP contribution in [-0.2, 0) is 14.3 Å². The molecule has 0 aliphatic rings. The number of hydrogen-bond donors (Lipinski definition) is 1. The maximum atomic E-state index is 12.0. The number of benzene rings is 2. The maximum absolute atomic E-state index is 12.0. The Morgan fingerprint density at radius 1 is 0.964 bits per heavy atom. The first-order valence-corrected chi connectivity index (χ1v) is 8.89. The van der Waals surface area contributed by atoms with Gasteiger partial charge in [0.1, 0.15) is 17.2 Å². The molecule has 0 radical (unpaired) electrons. The molecule has 2 rings (SSSR count). The van der Waals surface area contributed by atoms with Crippen molar-refractivity contribution in [1.82, 2.24) is 0 Å². The van der Waals surface area contributed by atoms with Gasteiger partial charge in [-0.05, 0) is 55.3 Å².